The van der Waals surface area contributed by atoms with Crippen molar-refractivity contribution < 1.29 is 4.39 Å². The van der Waals surface area contributed by atoms with Gasteiger partial charge in [-0.25, -0.2) is 4.39 Å². The predicted molar refractivity (Wildman–Crippen MR) is 66.7 cm³/mol. The summed E-state index contributed by atoms with van der Waals surface area (Å²) < 4.78 is 16.0. The third-order valence-electron chi connectivity index (χ3n) is 3.29. The van der Waals surface area contributed by atoms with Crippen LogP contribution in [0.2, 0.25) is 0 Å². The molecule has 0 bridgehead atoms. The molecule has 1 fully saturated rings. The predicted octanol–water partition coefficient (Wildman–Crippen LogP) is 3.45. The molecule has 1 aromatic heterocycles. The van der Waals surface area contributed by atoms with Gasteiger partial charge >= 0.3 is 0 Å². The van der Waals surface area contributed by atoms with E-state index in [0.717, 1.165) is 28.6 Å². The second-order valence-corrected chi connectivity index (χ2v) is 5.31. The molecule has 1 aromatic carbocycles. The number of piperidine rings is 1. The molecule has 1 atom stereocenters. The van der Waals surface area contributed by atoms with Crippen molar-refractivity contribution >= 4 is 21.4 Å². The lowest BCUT2D eigenvalue weighted by Crippen LogP contribution is -2.40. The Morgan fingerprint density at radius 3 is 3.06 bits per heavy atom. The third kappa shape index (κ3) is 1.55. The van der Waals surface area contributed by atoms with Crippen molar-refractivity contribution in [2.45, 2.75) is 18.5 Å². The third-order valence-corrected chi connectivity index (χ3v) is 4.26. The molecule has 1 saturated heterocycles. The van der Waals surface area contributed by atoms with E-state index < -0.39 is 5.67 Å². The maximum absolute atomic E-state index is 14.9. The minimum atomic E-state index is -1.18. The summed E-state index contributed by atoms with van der Waals surface area (Å²) in [6.45, 7) is 1.39. The number of halogens is 1. The van der Waals surface area contributed by atoms with E-state index in [9.17, 15) is 4.39 Å². The van der Waals surface area contributed by atoms with Crippen molar-refractivity contribution in [2.75, 3.05) is 13.1 Å². The standard InChI is InChI=1S/C13H14FNS/c14-13(6-2-7-15-9-13)11-4-1-3-10-5-8-16-12(10)11/h1,3-5,8,15H,2,6-7,9H2. The number of benzene rings is 1. The molecule has 1 N–H and O–H groups in total. The van der Waals surface area contributed by atoms with E-state index in [-0.39, 0.29) is 0 Å². The Morgan fingerprint density at radius 2 is 2.25 bits per heavy atom. The van der Waals surface area contributed by atoms with Gasteiger partial charge in [-0.05, 0) is 36.2 Å². The first-order valence-electron chi connectivity index (χ1n) is 5.66. The minimum absolute atomic E-state index is 0.448. The topological polar surface area (TPSA) is 12.0 Å². The molecular weight excluding hydrogens is 221 g/mol. The van der Waals surface area contributed by atoms with Crippen LogP contribution in [0.15, 0.2) is 29.6 Å². The molecular formula is C13H14FNS. The maximum atomic E-state index is 14.9. The van der Waals surface area contributed by atoms with Crippen molar-refractivity contribution in [3.63, 3.8) is 0 Å². The summed E-state index contributed by atoms with van der Waals surface area (Å²) in [6, 6.07) is 8.00. The normalized spacial score (nSPS) is 26.1. The number of hydrogen-bond donors (Lipinski definition) is 1. The number of hydrogen-bond acceptors (Lipinski definition) is 2. The van der Waals surface area contributed by atoms with Crippen LogP contribution in [0, 0.1) is 0 Å². The molecule has 84 valence electrons. The fraction of sp³-hybridized carbons (Fsp3) is 0.385. The highest BCUT2D eigenvalue weighted by atomic mass is 32.1. The van der Waals surface area contributed by atoms with Gasteiger partial charge in [-0.3, -0.25) is 0 Å². The van der Waals surface area contributed by atoms with Gasteiger partial charge in [-0.15, -0.1) is 11.3 Å². The van der Waals surface area contributed by atoms with E-state index in [1.165, 1.54) is 0 Å². The van der Waals surface area contributed by atoms with Crippen molar-refractivity contribution in [2.24, 2.45) is 0 Å². The van der Waals surface area contributed by atoms with Gasteiger partial charge in [0.1, 0.15) is 5.67 Å². The molecule has 16 heavy (non-hydrogen) atoms. The van der Waals surface area contributed by atoms with Gasteiger partial charge in [0.25, 0.3) is 0 Å². The van der Waals surface area contributed by atoms with Gasteiger partial charge < -0.3 is 5.32 Å². The van der Waals surface area contributed by atoms with Crippen molar-refractivity contribution in [3.8, 4) is 0 Å². The lowest BCUT2D eigenvalue weighted by Gasteiger charge is -2.30. The number of nitrogens with one attached hydrogen (secondary N) is 1. The molecule has 0 spiro atoms. The molecule has 2 heterocycles. The van der Waals surface area contributed by atoms with Crippen LogP contribution >= 0.6 is 11.3 Å². The number of thiophene rings is 1. The summed E-state index contributed by atoms with van der Waals surface area (Å²) >= 11 is 1.64. The second kappa shape index (κ2) is 3.82. The van der Waals surface area contributed by atoms with E-state index in [4.69, 9.17) is 0 Å². The first-order chi connectivity index (χ1) is 7.80. The molecule has 3 heteroatoms. The fourth-order valence-electron chi connectivity index (χ4n) is 2.44. The average molecular weight is 235 g/mol. The molecule has 0 aliphatic carbocycles. The van der Waals surface area contributed by atoms with Gasteiger partial charge in [0, 0.05) is 16.8 Å². The van der Waals surface area contributed by atoms with E-state index in [0.29, 0.717) is 13.0 Å². The Balaban J connectivity index is 2.13. The largest absolute Gasteiger partial charge is 0.313 e. The Morgan fingerprint density at radius 1 is 1.31 bits per heavy atom. The molecule has 1 unspecified atom stereocenters. The lowest BCUT2D eigenvalue weighted by atomic mass is 9.88. The van der Waals surface area contributed by atoms with Crippen LogP contribution in [0.4, 0.5) is 4.39 Å². The number of fused-ring (bicyclic) bond motifs is 1. The summed E-state index contributed by atoms with van der Waals surface area (Å²) in [5.41, 5.74) is -0.310. The van der Waals surface area contributed by atoms with Crippen LogP contribution in [0.3, 0.4) is 0 Å². The highest BCUT2D eigenvalue weighted by Crippen LogP contribution is 2.38. The summed E-state index contributed by atoms with van der Waals surface area (Å²) in [4.78, 5) is 0. The van der Waals surface area contributed by atoms with Gasteiger partial charge in [-0.2, -0.15) is 0 Å². The van der Waals surface area contributed by atoms with Crippen LogP contribution in [0.5, 0.6) is 0 Å². The smallest absolute Gasteiger partial charge is 0.149 e. The molecule has 2 aromatic rings. The van der Waals surface area contributed by atoms with Crippen molar-refractivity contribution in [3.05, 3.63) is 35.2 Å². The zero-order valence-corrected chi connectivity index (χ0v) is 9.82. The van der Waals surface area contributed by atoms with Gasteiger partial charge in [0.2, 0.25) is 0 Å². The summed E-state index contributed by atoms with van der Waals surface area (Å²) in [6.07, 6.45) is 1.55. The van der Waals surface area contributed by atoms with Crippen molar-refractivity contribution in [1.29, 1.82) is 0 Å². The van der Waals surface area contributed by atoms with Crippen molar-refractivity contribution in [1.82, 2.24) is 5.32 Å². The molecule has 0 saturated carbocycles. The van der Waals surface area contributed by atoms with Crippen LogP contribution in [-0.4, -0.2) is 13.1 Å². The minimum Gasteiger partial charge on any atom is -0.313 e. The number of rotatable bonds is 1. The highest BCUT2D eigenvalue weighted by molar-refractivity contribution is 7.17. The fourth-order valence-corrected chi connectivity index (χ4v) is 3.45. The van der Waals surface area contributed by atoms with E-state index in [2.05, 4.69) is 17.4 Å². The molecule has 3 rings (SSSR count). The Hall–Kier alpha value is -0.930. The Kier molecular flexibility index (Phi) is 2.45. The van der Waals surface area contributed by atoms with Crippen LogP contribution < -0.4 is 5.32 Å². The van der Waals surface area contributed by atoms with E-state index >= 15 is 0 Å². The Labute approximate surface area is 98.3 Å². The molecule has 0 amide bonds. The van der Waals surface area contributed by atoms with Gasteiger partial charge in [0.05, 0.1) is 0 Å². The van der Waals surface area contributed by atoms with Crippen LogP contribution in [0.1, 0.15) is 18.4 Å². The monoisotopic (exact) mass is 235 g/mol. The van der Waals surface area contributed by atoms with Crippen LogP contribution in [-0.2, 0) is 5.67 Å². The summed E-state index contributed by atoms with van der Waals surface area (Å²) in [7, 11) is 0. The first-order valence-corrected chi connectivity index (χ1v) is 6.54. The van der Waals surface area contributed by atoms with E-state index in [1.807, 2.05) is 17.5 Å². The molecule has 1 aliphatic heterocycles. The van der Waals surface area contributed by atoms with Gasteiger partial charge in [-0.1, -0.05) is 18.2 Å². The van der Waals surface area contributed by atoms with Crippen LogP contribution in [0.25, 0.3) is 10.1 Å². The first kappa shape index (κ1) is 10.2. The average Bonchev–Trinajstić information content (AvgIpc) is 2.77. The van der Waals surface area contributed by atoms with Gasteiger partial charge in [0.15, 0.2) is 0 Å². The summed E-state index contributed by atoms with van der Waals surface area (Å²) in [5.74, 6) is 0. The Bertz CT molecular complexity index is 499. The second-order valence-electron chi connectivity index (χ2n) is 4.39. The quantitative estimate of drug-likeness (QED) is 0.798. The highest BCUT2D eigenvalue weighted by Gasteiger charge is 2.35. The zero-order valence-electron chi connectivity index (χ0n) is 9.00. The lowest BCUT2D eigenvalue weighted by molar-refractivity contribution is 0.124. The SMILES string of the molecule is FC1(c2cccc3ccsc23)CCCNC1. The number of alkyl halides is 1. The molecule has 1 aliphatic rings. The molecule has 1 nitrogen and oxygen atoms in total. The maximum Gasteiger partial charge on any atom is 0.149 e. The van der Waals surface area contributed by atoms with E-state index in [1.54, 1.807) is 11.3 Å². The molecule has 0 radical (unpaired) electrons. The summed E-state index contributed by atoms with van der Waals surface area (Å²) in [5, 5.41) is 6.35. The zero-order chi connectivity index (χ0) is 11.0.